The highest BCUT2D eigenvalue weighted by Crippen LogP contribution is 2.44. The van der Waals surface area contributed by atoms with Crippen molar-refractivity contribution < 1.29 is 9.13 Å². The number of pyridine rings is 2. The number of nitriles is 1. The zero-order valence-corrected chi connectivity index (χ0v) is 16.6. The molecule has 7 nitrogen and oxygen atoms in total. The number of anilines is 2. The number of aromatic nitrogens is 2. The van der Waals surface area contributed by atoms with E-state index in [1.165, 1.54) is 13.3 Å². The molecule has 154 valence electrons. The van der Waals surface area contributed by atoms with Gasteiger partial charge in [0, 0.05) is 30.7 Å². The summed E-state index contributed by atoms with van der Waals surface area (Å²) in [6.45, 7) is 0.471. The van der Waals surface area contributed by atoms with Crippen molar-refractivity contribution in [2.24, 2.45) is 0 Å². The van der Waals surface area contributed by atoms with Crippen molar-refractivity contribution in [1.82, 2.24) is 9.55 Å². The maximum atomic E-state index is 15.2. The van der Waals surface area contributed by atoms with E-state index in [2.05, 4.69) is 10.3 Å². The molecule has 0 bridgehead atoms. The highest BCUT2D eigenvalue weighted by molar-refractivity contribution is 6.00. The van der Waals surface area contributed by atoms with Crippen molar-refractivity contribution >= 4 is 22.3 Å². The highest BCUT2D eigenvalue weighted by Gasteiger charge is 2.30. The van der Waals surface area contributed by atoms with Gasteiger partial charge >= 0.3 is 0 Å². The number of methoxy groups -OCH3 is 1. The third kappa shape index (κ3) is 3.43. The Hall–Kier alpha value is -3.60. The van der Waals surface area contributed by atoms with Gasteiger partial charge in [0.2, 0.25) is 5.43 Å². The molecule has 1 fully saturated rings. The first kappa shape index (κ1) is 19.7. The molecule has 4 rings (SSSR count). The van der Waals surface area contributed by atoms with Crippen LogP contribution in [0, 0.1) is 17.1 Å². The first-order valence-electron chi connectivity index (χ1n) is 9.84. The van der Waals surface area contributed by atoms with E-state index in [1.807, 2.05) is 28.8 Å². The summed E-state index contributed by atoms with van der Waals surface area (Å²) in [6.07, 6.45) is 6.54. The number of fused-ring (bicyclic) bond motifs is 1. The van der Waals surface area contributed by atoms with Gasteiger partial charge < -0.3 is 20.4 Å². The Balaban J connectivity index is 1.75. The van der Waals surface area contributed by atoms with Crippen LogP contribution in [0.2, 0.25) is 0 Å². The normalized spacial score (nSPS) is 13.2. The lowest BCUT2D eigenvalue weighted by molar-refractivity contribution is 0.416. The molecule has 1 aliphatic rings. The summed E-state index contributed by atoms with van der Waals surface area (Å²) >= 11 is 0. The molecule has 1 saturated carbocycles. The molecule has 3 aromatic rings. The summed E-state index contributed by atoms with van der Waals surface area (Å²) in [4.78, 5) is 17.0. The van der Waals surface area contributed by atoms with Gasteiger partial charge in [-0.3, -0.25) is 9.78 Å². The number of nitrogens with two attached hydrogens (primary N) is 1. The third-order valence-electron chi connectivity index (χ3n) is 5.30. The Morgan fingerprint density at radius 1 is 1.43 bits per heavy atom. The quantitative estimate of drug-likeness (QED) is 0.459. The number of benzene rings is 1. The fourth-order valence-corrected chi connectivity index (χ4v) is 3.68. The molecule has 0 spiro atoms. The second-order valence-electron chi connectivity index (χ2n) is 7.33. The van der Waals surface area contributed by atoms with Crippen molar-refractivity contribution in [3.63, 3.8) is 0 Å². The van der Waals surface area contributed by atoms with Crippen molar-refractivity contribution in [3.8, 4) is 11.8 Å². The summed E-state index contributed by atoms with van der Waals surface area (Å²) in [5, 5.41) is 12.4. The van der Waals surface area contributed by atoms with E-state index in [0.717, 1.165) is 31.4 Å². The average molecular weight is 407 g/mol. The van der Waals surface area contributed by atoms with Crippen molar-refractivity contribution in [2.45, 2.75) is 31.7 Å². The minimum atomic E-state index is -0.744. The fraction of sp³-hybridized carbons (Fsp3) is 0.318. The molecule has 2 heterocycles. The van der Waals surface area contributed by atoms with Gasteiger partial charge in [-0.05, 0) is 37.8 Å². The molecule has 2 aromatic heterocycles. The smallest absolute Gasteiger partial charge is 0.209 e. The Bertz CT molecular complexity index is 1200. The highest BCUT2D eigenvalue weighted by atomic mass is 19.1. The molecule has 0 atom stereocenters. The van der Waals surface area contributed by atoms with Crippen LogP contribution in [0.4, 0.5) is 15.8 Å². The maximum Gasteiger partial charge on any atom is 0.209 e. The van der Waals surface area contributed by atoms with Crippen LogP contribution in [0.25, 0.3) is 10.9 Å². The van der Waals surface area contributed by atoms with Gasteiger partial charge in [0.15, 0.2) is 11.6 Å². The maximum absolute atomic E-state index is 15.2. The first-order valence-corrected chi connectivity index (χ1v) is 9.84. The molecule has 1 aromatic carbocycles. The molecule has 0 unspecified atom stereocenters. The number of nitrogens with one attached hydrogen (secondary N) is 1. The molecular weight excluding hydrogens is 385 g/mol. The number of rotatable bonds is 7. The predicted octanol–water partition coefficient (Wildman–Crippen LogP) is 3.38. The van der Waals surface area contributed by atoms with Crippen LogP contribution in [0.15, 0.2) is 35.4 Å². The largest absolute Gasteiger partial charge is 0.492 e. The van der Waals surface area contributed by atoms with E-state index >= 15 is 4.39 Å². The second kappa shape index (κ2) is 8.03. The van der Waals surface area contributed by atoms with Gasteiger partial charge in [-0.2, -0.15) is 5.26 Å². The minimum Gasteiger partial charge on any atom is -0.492 e. The topological polar surface area (TPSA) is 106 Å². The van der Waals surface area contributed by atoms with Crippen LogP contribution < -0.4 is 21.2 Å². The number of aryl methyl sites for hydroxylation is 1. The second-order valence-corrected chi connectivity index (χ2v) is 7.33. The molecule has 3 N–H and O–H groups in total. The summed E-state index contributed by atoms with van der Waals surface area (Å²) < 4.78 is 22.5. The Morgan fingerprint density at radius 2 is 2.23 bits per heavy atom. The summed E-state index contributed by atoms with van der Waals surface area (Å²) in [7, 11) is 1.43. The number of nitrogen functional groups attached to an aromatic ring is 1. The molecule has 0 radical (unpaired) electrons. The van der Waals surface area contributed by atoms with Gasteiger partial charge in [0.05, 0.1) is 23.7 Å². The minimum absolute atomic E-state index is 0.00524. The first-order chi connectivity index (χ1) is 14.6. The van der Waals surface area contributed by atoms with E-state index in [1.54, 1.807) is 6.20 Å². The Kier molecular flexibility index (Phi) is 5.27. The molecule has 8 heteroatoms. The van der Waals surface area contributed by atoms with Gasteiger partial charge in [0.1, 0.15) is 17.3 Å². The lowest BCUT2D eigenvalue weighted by Gasteiger charge is -2.20. The zero-order chi connectivity index (χ0) is 21.3. The van der Waals surface area contributed by atoms with Crippen LogP contribution in [-0.4, -0.2) is 23.2 Å². The lowest BCUT2D eigenvalue weighted by atomic mass is 10.1. The number of hydrogen-bond donors (Lipinski definition) is 2. The molecule has 0 saturated heterocycles. The number of halogens is 1. The van der Waals surface area contributed by atoms with Gasteiger partial charge in [-0.25, -0.2) is 4.39 Å². The molecule has 0 amide bonds. The van der Waals surface area contributed by atoms with E-state index in [9.17, 15) is 10.1 Å². The summed E-state index contributed by atoms with van der Waals surface area (Å²) in [5.74, 6) is -0.519. The van der Waals surface area contributed by atoms with E-state index in [0.29, 0.717) is 12.1 Å². The van der Waals surface area contributed by atoms with Gasteiger partial charge in [-0.1, -0.05) is 6.07 Å². The molecule has 0 aliphatic heterocycles. The van der Waals surface area contributed by atoms with Crippen molar-refractivity contribution in [1.29, 1.82) is 5.26 Å². The summed E-state index contributed by atoms with van der Waals surface area (Å²) in [6, 6.07) is 7.75. The van der Waals surface area contributed by atoms with Crippen LogP contribution in [0.3, 0.4) is 0 Å². The van der Waals surface area contributed by atoms with E-state index < -0.39 is 11.2 Å². The molecule has 1 aliphatic carbocycles. The van der Waals surface area contributed by atoms with Crippen molar-refractivity contribution in [2.75, 3.05) is 24.7 Å². The summed E-state index contributed by atoms with van der Waals surface area (Å²) in [5.41, 5.74) is 6.65. The standard InChI is InChI=1S/C22H22FN5O2/c1-30-22-19(27-10-4-6-14-5-2-3-9-26-14)17(23)18(25)16-20(22)28(15-7-8-15)12-13(11-24)21(16)29/h2-3,5,9,12,15,27H,4,6-8,10,25H2,1H3. The lowest BCUT2D eigenvalue weighted by Crippen LogP contribution is -2.18. The van der Waals surface area contributed by atoms with Crippen LogP contribution in [0.1, 0.15) is 36.6 Å². The van der Waals surface area contributed by atoms with Gasteiger partial charge in [-0.15, -0.1) is 0 Å². The number of nitrogens with zero attached hydrogens (tertiary/aromatic N) is 3. The molecule has 30 heavy (non-hydrogen) atoms. The van der Waals surface area contributed by atoms with E-state index in [-0.39, 0.29) is 34.1 Å². The zero-order valence-electron chi connectivity index (χ0n) is 16.6. The SMILES string of the molecule is COc1c(NCCCc2ccccn2)c(F)c(N)c2c(=O)c(C#N)cn(C3CC3)c12. The number of hydrogen-bond acceptors (Lipinski definition) is 6. The predicted molar refractivity (Wildman–Crippen MR) is 113 cm³/mol. The third-order valence-corrected chi connectivity index (χ3v) is 5.30. The fourth-order valence-electron chi connectivity index (χ4n) is 3.68. The van der Waals surface area contributed by atoms with Crippen LogP contribution in [-0.2, 0) is 6.42 Å². The Morgan fingerprint density at radius 3 is 2.87 bits per heavy atom. The Labute approximate surface area is 172 Å². The molecular formula is C22H22FN5O2. The van der Waals surface area contributed by atoms with Gasteiger partial charge in [0.25, 0.3) is 0 Å². The van der Waals surface area contributed by atoms with Crippen molar-refractivity contribution in [3.05, 3.63) is 57.9 Å². The van der Waals surface area contributed by atoms with Crippen LogP contribution >= 0.6 is 0 Å². The van der Waals surface area contributed by atoms with E-state index in [4.69, 9.17) is 10.5 Å². The van der Waals surface area contributed by atoms with Crippen LogP contribution in [0.5, 0.6) is 5.75 Å². The number of ether oxygens (including phenoxy) is 1. The average Bonchev–Trinajstić information content (AvgIpc) is 3.60. The monoisotopic (exact) mass is 407 g/mol.